The highest BCUT2D eigenvalue weighted by Gasteiger charge is 2.05. The van der Waals surface area contributed by atoms with Gasteiger partial charge in [0, 0.05) is 4.21 Å². The highest BCUT2D eigenvalue weighted by Crippen LogP contribution is 2.45. The van der Waals surface area contributed by atoms with Crippen LogP contribution in [-0.4, -0.2) is 6.29 Å². The van der Waals surface area contributed by atoms with Crippen LogP contribution in [0.1, 0.15) is 9.67 Å². The van der Waals surface area contributed by atoms with Gasteiger partial charge in [-0.2, -0.15) is 10.9 Å². The Labute approximate surface area is 77.8 Å². The molecule has 3 heteroatoms. The standard InChI is InChI=1S/C9H8OS2/c10-7-8-3-4-9(11-8)12-5-1-2-6-12/h1-7,12H. The van der Waals surface area contributed by atoms with Crippen LogP contribution in [0.2, 0.25) is 0 Å². The lowest BCUT2D eigenvalue weighted by Crippen LogP contribution is -1.63. The summed E-state index contributed by atoms with van der Waals surface area (Å²) < 4.78 is 1.30. The van der Waals surface area contributed by atoms with Crippen molar-refractivity contribution < 1.29 is 4.79 Å². The fourth-order valence-corrected chi connectivity index (χ4v) is 3.90. The first kappa shape index (κ1) is 7.83. The average Bonchev–Trinajstić information content (AvgIpc) is 2.75. The first-order valence-corrected chi connectivity index (χ1v) is 5.88. The quantitative estimate of drug-likeness (QED) is 0.568. The molecule has 0 unspecified atom stereocenters. The molecule has 0 aliphatic carbocycles. The number of allylic oxidation sites excluding steroid dienone is 2. The number of carbonyl (C=O) groups excluding carboxylic acids is 1. The molecule has 2 heterocycles. The molecule has 1 aromatic rings. The zero-order valence-electron chi connectivity index (χ0n) is 6.31. The number of hydrogen-bond acceptors (Lipinski definition) is 2. The second-order valence-electron chi connectivity index (χ2n) is 2.38. The number of hydrogen-bond donors (Lipinski definition) is 1. The SMILES string of the molecule is O=Cc1ccc([SH]2C=CC=C2)s1. The van der Waals surface area contributed by atoms with Crippen molar-refractivity contribution in [1.82, 2.24) is 0 Å². The highest BCUT2D eigenvalue weighted by atomic mass is 32.2. The lowest BCUT2D eigenvalue weighted by atomic mass is 10.5. The van der Waals surface area contributed by atoms with Gasteiger partial charge in [0.15, 0.2) is 6.29 Å². The Morgan fingerprint density at radius 2 is 2.00 bits per heavy atom. The minimum atomic E-state index is -0.227. The largest absolute Gasteiger partial charge is 0.297 e. The lowest BCUT2D eigenvalue weighted by Gasteiger charge is -2.04. The summed E-state index contributed by atoms with van der Waals surface area (Å²) in [5.74, 6) is 0. The Morgan fingerprint density at radius 1 is 1.25 bits per heavy atom. The van der Waals surface area contributed by atoms with E-state index in [0.29, 0.717) is 0 Å². The summed E-state index contributed by atoms with van der Waals surface area (Å²) in [5.41, 5.74) is 0. The van der Waals surface area contributed by atoms with Crippen molar-refractivity contribution in [3.05, 3.63) is 40.0 Å². The van der Waals surface area contributed by atoms with Crippen LogP contribution in [-0.2, 0) is 0 Å². The Hall–Kier alpha value is -0.800. The van der Waals surface area contributed by atoms with E-state index in [-0.39, 0.29) is 10.9 Å². The molecule has 0 saturated heterocycles. The Bertz CT molecular complexity index is 337. The molecular formula is C9H8OS2. The van der Waals surface area contributed by atoms with Gasteiger partial charge in [-0.3, -0.25) is 4.79 Å². The zero-order chi connectivity index (χ0) is 8.39. The first-order chi connectivity index (χ1) is 5.90. The van der Waals surface area contributed by atoms with Crippen LogP contribution < -0.4 is 0 Å². The number of aldehydes is 1. The van der Waals surface area contributed by atoms with Gasteiger partial charge >= 0.3 is 0 Å². The van der Waals surface area contributed by atoms with E-state index in [9.17, 15) is 4.79 Å². The average molecular weight is 196 g/mol. The minimum Gasteiger partial charge on any atom is -0.297 e. The summed E-state index contributed by atoms with van der Waals surface area (Å²) in [6.45, 7) is 0. The van der Waals surface area contributed by atoms with E-state index in [1.165, 1.54) is 4.21 Å². The molecule has 0 saturated carbocycles. The highest BCUT2D eigenvalue weighted by molar-refractivity contribution is 8.23. The molecule has 0 amide bonds. The van der Waals surface area contributed by atoms with Crippen LogP contribution >= 0.6 is 22.2 Å². The van der Waals surface area contributed by atoms with Gasteiger partial charge in [0.05, 0.1) is 4.88 Å². The second-order valence-corrected chi connectivity index (χ2v) is 5.69. The molecule has 0 atom stereocenters. The topological polar surface area (TPSA) is 17.1 Å². The van der Waals surface area contributed by atoms with E-state index >= 15 is 0 Å². The predicted molar refractivity (Wildman–Crippen MR) is 55.2 cm³/mol. The van der Waals surface area contributed by atoms with Gasteiger partial charge in [0.2, 0.25) is 0 Å². The van der Waals surface area contributed by atoms with Gasteiger partial charge in [0.25, 0.3) is 0 Å². The number of thiol groups is 1. The molecule has 2 rings (SSSR count). The van der Waals surface area contributed by atoms with Gasteiger partial charge in [-0.15, -0.1) is 11.3 Å². The van der Waals surface area contributed by atoms with E-state index in [1.54, 1.807) is 11.3 Å². The van der Waals surface area contributed by atoms with Crippen LogP contribution in [0.5, 0.6) is 0 Å². The van der Waals surface area contributed by atoms with E-state index in [2.05, 4.69) is 23.0 Å². The summed E-state index contributed by atoms with van der Waals surface area (Å²) in [7, 11) is -0.227. The molecular weight excluding hydrogens is 188 g/mol. The van der Waals surface area contributed by atoms with Gasteiger partial charge in [-0.25, -0.2) is 0 Å². The monoisotopic (exact) mass is 196 g/mol. The Kier molecular flexibility index (Phi) is 2.15. The first-order valence-electron chi connectivity index (χ1n) is 3.58. The van der Waals surface area contributed by atoms with Crippen molar-refractivity contribution >= 4 is 28.5 Å². The minimum absolute atomic E-state index is 0.227. The van der Waals surface area contributed by atoms with Gasteiger partial charge in [0.1, 0.15) is 0 Å². The lowest BCUT2D eigenvalue weighted by molar-refractivity contribution is 0.112. The van der Waals surface area contributed by atoms with Gasteiger partial charge in [-0.05, 0) is 22.9 Å². The summed E-state index contributed by atoms with van der Waals surface area (Å²) >= 11 is 1.59. The van der Waals surface area contributed by atoms with Crippen molar-refractivity contribution in [2.24, 2.45) is 0 Å². The third kappa shape index (κ3) is 1.38. The molecule has 1 aliphatic rings. The van der Waals surface area contributed by atoms with E-state index in [4.69, 9.17) is 0 Å². The molecule has 0 N–H and O–H groups in total. The van der Waals surface area contributed by atoms with Crippen molar-refractivity contribution in [3.8, 4) is 0 Å². The molecule has 0 radical (unpaired) electrons. The van der Waals surface area contributed by atoms with Crippen molar-refractivity contribution in [3.63, 3.8) is 0 Å². The van der Waals surface area contributed by atoms with Crippen molar-refractivity contribution in [1.29, 1.82) is 0 Å². The van der Waals surface area contributed by atoms with Gasteiger partial charge < -0.3 is 0 Å². The van der Waals surface area contributed by atoms with Crippen molar-refractivity contribution in [2.75, 3.05) is 0 Å². The molecule has 0 fully saturated rings. The van der Waals surface area contributed by atoms with E-state index in [0.717, 1.165) is 11.2 Å². The van der Waals surface area contributed by atoms with E-state index < -0.39 is 0 Å². The predicted octanol–water partition coefficient (Wildman–Crippen LogP) is 2.96. The maximum atomic E-state index is 10.4. The normalized spacial score (nSPS) is 17.2. The zero-order valence-corrected chi connectivity index (χ0v) is 8.02. The Morgan fingerprint density at radius 3 is 2.58 bits per heavy atom. The molecule has 12 heavy (non-hydrogen) atoms. The second kappa shape index (κ2) is 3.29. The molecule has 0 bridgehead atoms. The number of carbonyl (C=O) groups is 1. The van der Waals surface area contributed by atoms with Crippen LogP contribution in [0.4, 0.5) is 0 Å². The van der Waals surface area contributed by atoms with Crippen LogP contribution in [0.15, 0.2) is 39.3 Å². The van der Waals surface area contributed by atoms with Crippen LogP contribution in [0.25, 0.3) is 0 Å². The molecule has 62 valence electrons. The molecule has 0 spiro atoms. The molecule has 1 aliphatic heterocycles. The number of thiophene rings is 1. The summed E-state index contributed by atoms with van der Waals surface area (Å²) in [6, 6.07) is 3.93. The summed E-state index contributed by atoms with van der Waals surface area (Å²) in [4.78, 5) is 11.2. The third-order valence-corrected chi connectivity index (χ3v) is 4.95. The fraction of sp³-hybridized carbons (Fsp3) is 0. The summed E-state index contributed by atoms with van der Waals surface area (Å²) in [5, 5.41) is 4.38. The van der Waals surface area contributed by atoms with Crippen LogP contribution in [0.3, 0.4) is 0 Å². The smallest absolute Gasteiger partial charge is 0.160 e. The van der Waals surface area contributed by atoms with Crippen molar-refractivity contribution in [2.45, 2.75) is 4.21 Å². The van der Waals surface area contributed by atoms with Gasteiger partial charge in [-0.1, -0.05) is 12.2 Å². The molecule has 1 aromatic heterocycles. The number of rotatable bonds is 2. The van der Waals surface area contributed by atoms with E-state index in [1.807, 2.05) is 12.1 Å². The third-order valence-electron chi connectivity index (χ3n) is 1.59. The Balaban J connectivity index is 2.28. The molecule has 0 aromatic carbocycles. The maximum Gasteiger partial charge on any atom is 0.160 e. The van der Waals surface area contributed by atoms with Crippen LogP contribution in [0, 0.1) is 0 Å². The fourth-order valence-electron chi connectivity index (χ4n) is 1.03. The summed E-state index contributed by atoms with van der Waals surface area (Å²) in [6.07, 6.45) is 5.03. The molecule has 1 nitrogen and oxygen atoms in total. The maximum absolute atomic E-state index is 10.4.